The molecule has 18 heavy (non-hydrogen) atoms. The van der Waals surface area contributed by atoms with Crippen molar-refractivity contribution in [1.82, 2.24) is 5.32 Å². The summed E-state index contributed by atoms with van der Waals surface area (Å²) in [5, 5.41) is 3.32. The highest BCUT2D eigenvalue weighted by Gasteiger charge is 2.07. The van der Waals surface area contributed by atoms with Crippen LogP contribution in [0.15, 0.2) is 36.4 Å². The summed E-state index contributed by atoms with van der Waals surface area (Å²) in [6.07, 6.45) is 3.09. The Bertz CT molecular complexity index is 373. The third-order valence-corrected chi connectivity index (χ3v) is 3.17. The van der Waals surface area contributed by atoms with E-state index in [1.807, 2.05) is 19.2 Å². The van der Waals surface area contributed by atoms with Crippen molar-refractivity contribution < 1.29 is 4.74 Å². The summed E-state index contributed by atoms with van der Waals surface area (Å²) in [5.74, 6) is 0.958. The Morgan fingerprint density at radius 1 is 1.44 bits per heavy atom. The van der Waals surface area contributed by atoms with E-state index in [1.54, 1.807) is 0 Å². The lowest BCUT2D eigenvalue weighted by molar-refractivity contribution is 0.288. The average Bonchev–Trinajstić information content (AvgIpc) is 2.37. The molecule has 1 aromatic rings. The van der Waals surface area contributed by atoms with Gasteiger partial charge in [-0.2, -0.15) is 0 Å². The number of rotatable bonds is 8. The fraction of sp³-hybridized carbons (Fsp3) is 0.500. The van der Waals surface area contributed by atoms with Crippen LogP contribution in [0.4, 0.5) is 0 Å². The molecule has 0 aromatic heterocycles. The minimum atomic E-state index is 0.460. The van der Waals surface area contributed by atoms with Gasteiger partial charge < -0.3 is 10.1 Å². The van der Waals surface area contributed by atoms with Crippen LogP contribution in [-0.2, 0) is 0 Å². The molecule has 2 heteroatoms. The van der Waals surface area contributed by atoms with E-state index in [-0.39, 0.29) is 0 Å². The molecule has 1 atom stereocenters. The number of ether oxygens (including phenoxy) is 1. The van der Waals surface area contributed by atoms with Crippen LogP contribution in [0.5, 0.6) is 5.75 Å². The first-order valence-electron chi connectivity index (χ1n) is 6.69. The number of aryl methyl sites for hydroxylation is 1. The van der Waals surface area contributed by atoms with Gasteiger partial charge in [0.2, 0.25) is 0 Å². The van der Waals surface area contributed by atoms with Crippen LogP contribution in [0.2, 0.25) is 0 Å². The van der Waals surface area contributed by atoms with Gasteiger partial charge in [-0.15, -0.1) is 0 Å². The van der Waals surface area contributed by atoms with Crippen LogP contribution in [0.3, 0.4) is 0 Å². The van der Waals surface area contributed by atoms with Crippen LogP contribution < -0.4 is 10.1 Å². The number of hydrogen-bond donors (Lipinski definition) is 1. The average molecular weight is 247 g/mol. The molecule has 2 nitrogen and oxygen atoms in total. The molecule has 100 valence electrons. The maximum atomic E-state index is 5.76. The van der Waals surface area contributed by atoms with Gasteiger partial charge in [0.05, 0.1) is 6.61 Å². The van der Waals surface area contributed by atoms with Crippen molar-refractivity contribution in [3.8, 4) is 5.75 Å². The SMILES string of the molecule is C=C(CC)CC(CCOc1cccc(C)c1)NC. The normalized spacial score (nSPS) is 12.2. The van der Waals surface area contributed by atoms with E-state index in [0.717, 1.165) is 31.6 Å². The Labute approximate surface area is 111 Å². The fourth-order valence-electron chi connectivity index (χ4n) is 1.87. The highest BCUT2D eigenvalue weighted by Crippen LogP contribution is 2.14. The molecule has 0 aliphatic carbocycles. The molecule has 0 saturated carbocycles. The van der Waals surface area contributed by atoms with Crippen molar-refractivity contribution >= 4 is 0 Å². The van der Waals surface area contributed by atoms with Gasteiger partial charge >= 0.3 is 0 Å². The third-order valence-electron chi connectivity index (χ3n) is 3.17. The second-order valence-corrected chi connectivity index (χ2v) is 4.75. The second-order valence-electron chi connectivity index (χ2n) is 4.75. The van der Waals surface area contributed by atoms with Crippen molar-refractivity contribution in [3.05, 3.63) is 42.0 Å². The quantitative estimate of drug-likeness (QED) is 0.707. The standard InChI is InChI=1S/C16H25NO/c1-5-13(2)11-15(17-4)9-10-18-16-8-6-7-14(3)12-16/h6-8,12,15,17H,2,5,9-11H2,1,3-4H3. The molecule has 0 bridgehead atoms. The Balaban J connectivity index is 2.33. The molecule has 0 heterocycles. The highest BCUT2D eigenvalue weighted by atomic mass is 16.5. The lowest BCUT2D eigenvalue weighted by atomic mass is 10.0. The van der Waals surface area contributed by atoms with Crippen molar-refractivity contribution in [2.24, 2.45) is 0 Å². The van der Waals surface area contributed by atoms with Gasteiger partial charge in [-0.1, -0.05) is 31.2 Å². The van der Waals surface area contributed by atoms with E-state index in [4.69, 9.17) is 4.74 Å². The predicted molar refractivity (Wildman–Crippen MR) is 78.2 cm³/mol. The van der Waals surface area contributed by atoms with E-state index >= 15 is 0 Å². The zero-order valence-electron chi connectivity index (χ0n) is 11.8. The molecule has 1 N–H and O–H groups in total. The first kappa shape index (κ1) is 14.8. The largest absolute Gasteiger partial charge is 0.494 e. The van der Waals surface area contributed by atoms with Crippen LogP contribution in [-0.4, -0.2) is 19.7 Å². The molecule has 1 rings (SSSR count). The Hall–Kier alpha value is -1.28. The van der Waals surface area contributed by atoms with Crippen LogP contribution in [0, 0.1) is 6.92 Å². The molecule has 0 aliphatic rings. The van der Waals surface area contributed by atoms with E-state index in [2.05, 4.69) is 37.9 Å². The third kappa shape index (κ3) is 5.37. The van der Waals surface area contributed by atoms with Crippen molar-refractivity contribution in [1.29, 1.82) is 0 Å². The summed E-state index contributed by atoms with van der Waals surface area (Å²) in [6.45, 7) is 9.03. The van der Waals surface area contributed by atoms with E-state index in [1.165, 1.54) is 11.1 Å². The maximum Gasteiger partial charge on any atom is 0.119 e. The number of hydrogen-bond acceptors (Lipinski definition) is 2. The molecular weight excluding hydrogens is 222 g/mol. The zero-order chi connectivity index (χ0) is 13.4. The summed E-state index contributed by atoms with van der Waals surface area (Å²) in [6, 6.07) is 8.64. The maximum absolute atomic E-state index is 5.76. The number of benzene rings is 1. The van der Waals surface area contributed by atoms with Crippen LogP contribution in [0.25, 0.3) is 0 Å². The molecule has 0 amide bonds. The molecular formula is C16H25NO. The molecule has 0 spiro atoms. The highest BCUT2D eigenvalue weighted by molar-refractivity contribution is 5.27. The molecule has 0 radical (unpaired) electrons. The lowest BCUT2D eigenvalue weighted by Gasteiger charge is -2.17. The molecule has 1 unspecified atom stereocenters. The number of nitrogens with one attached hydrogen (secondary N) is 1. The first-order valence-corrected chi connectivity index (χ1v) is 6.69. The lowest BCUT2D eigenvalue weighted by Crippen LogP contribution is -2.27. The topological polar surface area (TPSA) is 21.3 Å². The van der Waals surface area contributed by atoms with Gasteiger partial charge in [-0.3, -0.25) is 0 Å². The van der Waals surface area contributed by atoms with Crippen LogP contribution in [0.1, 0.15) is 31.7 Å². The summed E-state index contributed by atoms with van der Waals surface area (Å²) in [7, 11) is 2.00. The van der Waals surface area contributed by atoms with Gasteiger partial charge in [0.1, 0.15) is 5.75 Å². The summed E-state index contributed by atoms with van der Waals surface area (Å²) in [5.41, 5.74) is 2.53. The minimum Gasteiger partial charge on any atom is -0.494 e. The van der Waals surface area contributed by atoms with Crippen LogP contribution >= 0.6 is 0 Å². The van der Waals surface area contributed by atoms with Gasteiger partial charge in [-0.05, 0) is 50.9 Å². The molecule has 1 aromatic carbocycles. The Morgan fingerprint density at radius 3 is 2.83 bits per heavy atom. The Kier molecular flexibility index (Phi) is 6.51. The zero-order valence-corrected chi connectivity index (χ0v) is 11.8. The van der Waals surface area contributed by atoms with Gasteiger partial charge in [0, 0.05) is 6.04 Å². The van der Waals surface area contributed by atoms with E-state index in [0.29, 0.717) is 6.04 Å². The van der Waals surface area contributed by atoms with E-state index in [9.17, 15) is 0 Å². The Morgan fingerprint density at radius 2 is 2.22 bits per heavy atom. The van der Waals surface area contributed by atoms with Gasteiger partial charge in [0.25, 0.3) is 0 Å². The molecule has 0 fully saturated rings. The molecule has 0 aliphatic heterocycles. The molecule has 0 saturated heterocycles. The summed E-state index contributed by atoms with van der Waals surface area (Å²) in [4.78, 5) is 0. The van der Waals surface area contributed by atoms with Gasteiger partial charge in [0.15, 0.2) is 0 Å². The summed E-state index contributed by atoms with van der Waals surface area (Å²) < 4.78 is 5.76. The summed E-state index contributed by atoms with van der Waals surface area (Å²) >= 11 is 0. The van der Waals surface area contributed by atoms with Gasteiger partial charge in [-0.25, -0.2) is 0 Å². The van der Waals surface area contributed by atoms with E-state index < -0.39 is 0 Å². The first-order chi connectivity index (χ1) is 8.65. The predicted octanol–water partition coefficient (Wildman–Crippen LogP) is 3.71. The smallest absolute Gasteiger partial charge is 0.119 e. The monoisotopic (exact) mass is 247 g/mol. The fourth-order valence-corrected chi connectivity index (χ4v) is 1.87. The van der Waals surface area contributed by atoms with Crippen molar-refractivity contribution in [2.75, 3.05) is 13.7 Å². The van der Waals surface area contributed by atoms with Crippen molar-refractivity contribution in [3.63, 3.8) is 0 Å². The van der Waals surface area contributed by atoms with Crippen molar-refractivity contribution in [2.45, 2.75) is 39.2 Å². The second kappa shape index (κ2) is 7.93. The minimum absolute atomic E-state index is 0.460.